The second kappa shape index (κ2) is 4.74. The van der Waals surface area contributed by atoms with E-state index in [2.05, 4.69) is 0 Å². The van der Waals surface area contributed by atoms with Gasteiger partial charge in [-0.15, -0.1) is 0 Å². The van der Waals surface area contributed by atoms with E-state index in [0.717, 1.165) is 0 Å². The molecule has 2 N–H and O–H groups in total. The average molecular weight is 234 g/mol. The van der Waals surface area contributed by atoms with Gasteiger partial charge in [-0.3, -0.25) is 0 Å². The molecule has 0 saturated carbocycles. The van der Waals surface area contributed by atoms with Crippen LogP contribution in [0.3, 0.4) is 0 Å². The first kappa shape index (κ1) is 11.3. The number of phenolic OH excluding ortho intramolecular Hbond substituents is 2. The van der Waals surface area contributed by atoms with Crippen LogP contribution in [0.5, 0.6) is 17.2 Å². The summed E-state index contributed by atoms with van der Waals surface area (Å²) in [6, 6.07) is 10.3. The molecule has 0 aliphatic rings. The Morgan fingerprint density at radius 1 is 1.00 bits per heavy atom. The summed E-state index contributed by atoms with van der Waals surface area (Å²) in [4.78, 5) is 0. The van der Waals surface area contributed by atoms with Crippen molar-refractivity contribution in [2.45, 2.75) is 6.61 Å². The second-order valence-electron chi connectivity index (χ2n) is 3.57. The van der Waals surface area contributed by atoms with Gasteiger partial charge in [-0.25, -0.2) is 4.39 Å². The normalized spacial score (nSPS) is 10.2. The fourth-order valence-corrected chi connectivity index (χ4v) is 1.35. The van der Waals surface area contributed by atoms with Crippen LogP contribution in [-0.2, 0) is 6.61 Å². The summed E-state index contributed by atoms with van der Waals surface area (Å²) in [5.74, 6) is -0.306. The Labute approximate surface area is 97.7 Å². The van der Waals surface area contributed by atoms with Gasteiger partial charge < -0.3 is 14.9 Å². The molecule has 0 bridgehead atoms. The van der Waals surface area contributed by atoms with Crippen molar-refractivity contribution in [2.75, 3.05) is 0 Å². The molecule has 3 nitrogen and oxygen atoms in total. The number of ether oxygens (including phenoxy) is 1. The van der Waals surface area contributed by atoms with Crippen LogP contribution >= 0.6 is 0 Å². The van der Waals surface area contributed by atoms with E-state index in [9.17, 15) is 4.39 Å². The third-order valence-corrected chi connectivity index (χ3v) is 2.25. The monoisotopic (exact) mass is 234 g/mol. The zero-order valence-electron chi connectivity index (χ0n) is 8.93. The molecule has 0 heterocycles. The molecule has 0 spiro atoms. The van der Waals surface area contributed by atoms with Crippen molar-refractivity contribution in [3.05, 3.63) is 53.8 Å². The molecule has 0 atom stereocenters. The average Bonchev–Trinajstić information content (AvgIpc) is 2.33. The molecule has 2 aromatic rings. The molecule has 17 heavy (non-hydrogen) atoms. The van der Waals surface area contributed by atoms with Crippen LogP contribution in [0.2, 0.25) is 0 Å². The van der Waals surface area contributed by atoms with Gasteiger partial charge in [0.25, 0.3) is 0 Å². The van der Waals surface area contributed by atoms with Gasteiger partial charge in [0.15, 0.2) is 11.6 Å². The first-order valence-electron chi connectivity index (χ1n) is 5.04. The summed E-state index contributed by atoms with van der Waals surface area (Å²) in [5, 5.41) is 18.1. The van der Waals surface area contributed by atoms with Crippen molar-refractivity contribution < 1.29 is 19.3 Å². The van der Waals surface area contributed by atoms with E-state index in [0.29, 0.717) is 11.3 Å². The van der Waals surface area contributed by atoms with E-state index in [1.54, 1.807) is 18.2 Å². The molecule has 0 radical (unpaired) electrons. The number of aromatic hydroxyl groups is 2. The molecule has 4 heteroatoms. The number of rotatable bonds is 3. The third-order valence-electron chi connectivity index (χ3n) is 2.25. The Bertz CT molecular complexity index is 509. The van der Waals surface area contributed by atoms with Crippen LogP contribution in [0.25, 0.3) is 0 Å². The molecule has 0 aliphatic heterocycles. The first-order chi connectivity index (χ1) is 8.15. The highest BCUT2D eigenvalue weighted by Gasteiger charge is 2.02. The molecule has 0 aromatic heterocycles. The molecule has 0 amide bonds. The summed E-state index contributed by atoms with van der Waals surface area (Å²) < 4.78 is 18.4. The molecule has 0 aliphatic carbocycles. The lowest BCUT2D eigenvalue weighted by molar-refractivity contribution is 0.304. The standard InChI is InChI=1S/C13H11FO3/c14-12-7-9(1-6-13(12)16)8-17-11-4-2-10(15)3-5-11/h1-7,15-16H,8H2. The van der Waals surface area contributed by atoms with E-state index < -0.39 is 5.82 Å². The number of halogens is 1. The molecule has 0 saturated heterocycles. The van der Waals surface area contributed by atoms with Crippen LogP contribution in [0, 0.1) is 5.82 Å². The van der Waals surface area contributed by atoms with E-state index >= 15 is 0 Å². The van der Waals surface area contributed by atoms with E-state index in [-0.39, 0.29) is 18.1 Å². The highest BCUT2D eigenvalue weighted by molar-refractivity contribution is 5.31. The molecule has 2 aromatic carbocycles. The topological polar surface area (TPSA) is 49.7 Å². The van der Waals surface area contributed by atoms with Crippen LogP contribution in [0.4, 0.5) is 4.39 Å². The predicted octanol–water partition coefficient (Wildman–Crippen LogP) is 2.82. The molecular formula is C13H11FO3. The van der Waals surface area contributed by atoms with E-state index in [4.69, 9.17) is 14.9 Å². The zero-order chi connectivity index (χ0) is 12.3. The molecular weight excluding hydrogens is 223 g/mol. The van der Waals surface area contributed by atoms with Crippen molar-refractivity contribution >= 4 is 0 Å². The van der Waals surface area contributed by atoms with Crippen molar-refractivity contribution in [3.63, 3.8) is 0 Å². The van der Waals surface area contributed by atoms with Crippen LogP contribution in [0.15, 0.2) is 42.5 Å². The molecule has 0 unspecified atom stereocenters. The van der Waals surface area contributed by atoms with Gasteiger partial charge in [-0.2, -0.15) is 0 Å². The smallest absolute Gasteiger partial charge is 0.165 e. The van der Waals surface area contributed by atoms with Gasteiger partial charge in [-0.1, -0.05) is 6.07 Å². The van der Waals surface area contributed by atoms with Crippen LogP contribution in [-0.4, -0.2) is 10.2 Å². The van der Waals surface area contributed by atoms with Gasteiger partial charge in [-0.05, 0) is 42.0 Å². The summed E-state index contributed by atoms with van der Waals surface area (Å²) in [6.07, 6.45) is 0. The maximum atomic E-state index is 13.0. The van der Waals surface area contributed by atoms with E-state index in [1.807, 2.05) is 0 Å². The van der Waals surface area contributed by atoms with Crippen molar-refractivity contribution in [2.24, 2.45) is 0 Å². The fourth-order valence-electron chi connectivity index (χ4n) is 1.35. The largest absolute Gasteiger partial charge is 0.508 e. The van der Waals surface area contributed by atoms with Gasteiger partial charge in [0, 0.05) is 0 Å². The van der Waals surface area contributed by atoms with Gasteiger partial charge in [0.05, 0.1) is 0 Å². The van der Waals surface area contributed by atoms with Crippen molar-refractivity contribution in [1.82, 2.24) is 0 Å². The summed E-state index contributed by atoms with van der Waals surface area (Å²) in [7, 11) is 0. The van der Waals surface area contributed by atoms with Gasteiger partial charge in [0.1, 0.15) is 18.1 Å². The Kier molecular flexibility index (Phi) is 3.14. The number of hydrogen-bond donors (Lipinski definition) is 2. The Balaban J connectivity index is 2.02. The minimum Gasteiger partial charge on any atom is -0.508 e. The highest BCUT2D eigenvalue weighted by Crippen LogP contribution is 2.19. The number of benzene rings is 2. The van der Waals surface area contributed by atoms with Crippen LogP contribution < -0.4 is 4.74 Å². The maximum Gasteiger partial charge on any atom is 0.165 e. The minimum atomic E-state index is -0.670. The molecule has 2 rings (SSSR count). The summed E-state index contributed by atoms with van der Waals surface area (Å²) in [6.45, 7) is 0.196. The fraction of sp³-hybridized carbons (Fsp3) is 0.0769. The Morgan fingerprint density at radius 3 is 2.35 bits per heavy atom. The zero-order valence-corrected chi connectivity index (χ0v) is 8.93. The molecule has 0 fully saturated rings. The van der Waals surface area contributed by atoms with Crippen LogP contribution in [0.1, 0.15) is 5.56 Å². The quantitative estimate of drug-likeness (QED) is 0.858. The minimum absolute atomic E-state index is 0.160. The Hall–Kier alpha value is -2.23. The predicted molar refractivity (Wildman–Crippen MR) is 60.5 cm³/mol. The Morgan fingerprint density at radius 2 is 1.71 bits per heavy atom. The van der Waals surface area contributed by atoms with Gasteiger partial charge >= 0.3 is 0 Å². The SMILES string of the molecule is Oc1ccc(OCc2ccc(O)c(F)c2)cc1. The number of hydrogen-bond acceptors (Lipinski definition) is 3. The van der Waals surface area contributed by atoms with E-state index in [1.165, 1.54) is 24.3 Å². The second-order valence-corrected chi connectivity index (χ2v) is 3.57. The lowest BCUT2D eigenvalue weighted by atomic mass is 10.2. The van der Waals surface area contributed by atoms with Gasteiger partial charge in [0.2, 0.25) is 0 Å². The number of phenols is 2. The lowest BCUT2D eigenvalue weighted by Gasteiger charge is -2.06. The molecule has 88 valence electrons. The van der Waals surface area contributed by atoms with Crippen molar-refractivity contribution in [3.8, 4) is 17.2 Å². The summed E-state index contributed by atoms with van der Waals surface area (Å²) in [5.41, 5.74) is 0.619. The first-order valence-corrected chi connectivity index (χ1v) is 5.04. The van der Waals surface area contributed by atoms with Crippen molar-refractivity contribution in [1.29, 1.82) is 0 Å². The maximum absolute atomic E-state index is 13.0. The highest BCUT2D eigenvalue weighted by atomic mass is 19.1. The third kappa shape index (κ3) is 2.87. The lowest BCUT2D eigenvalue weighted by Crippen LogP contribution is -1.95. The summed E-state index contributed by atoms with van der Waals surface area (Å²) >= 11 is 0.